The number of nitrogens with zero attached hydrogens (tertiary/aromatic N) is 4. The fourth-order valence-electron chi connectivity index (χ4n) is 5.04. The molecule has 3 aromatic heterocycles. The zero-order valence-electron chi connectivity index (χ0n) is 25.5. The van der Waals surface area contributed by atoms with Crippen LogP contribution in [0.4, 0.5) is 13.2 Å². The molecule has 7 nitrogen and oxygen atoms in total. The quantitative estimate of drug-likeness (QED) is 0.163. The van der Waals surface area contributed by atoms with Crippen LogP contribution in [0.3, 0.4) is 0 Å². The van der Waals surface area contributed by atoms with E-state index in [9.17, 15) is 23.1 Å². The molecule has 0 fully saturated rings. The minimum absolute atomic E-state index is 0.212. The Balaban J connectivity index is 1.46. The molecule has 0 amide bonds. The van der Waals surface area contributed by atoms with Gasteiger partial charge in [0.25, 0.3) is 0 Å². The van der Waals surface area contributed by atoms with Crippen molar-refractivity contribution in [3.05, 3.63) is 101 Å². The van der Waals surface area contributed by atoms with E-state index in [1.165, 1.54) is 6.07 Å². The molecule has 45 heavy (non-hydrogen) atoms. The monoisotopic (exact) mass is 634 g/mol. The lowest BCUT2D eigenvalue weighted by Gasteiger charge is -2.22. The second-order valence-electron chi connectivity index (χ2n) is 11.8. The van der Waals surface area contributed by atoms with E-state index < -0.39 is 23.6 Å². The molecular formula is C34H33F3N4O3S. The Morgan fingerprint density at radius 1 is 0.978 bits per heavy atom. The first-order chi connectivity index (χ1) is 21.2. The molecule has 0 saturated heterocycles. The number of ether oxygens (including phenoxy) is 1. The average molecular weight is 635 g/mol. The summed E-state index contributed by atoms with van der Waals surface area (Å²) in [6, 6.07) is 15.2. The van der Waals surface area contributed by atoms with Gasteiger partial charge in [0.15, 0.2) is 0 Å². The van der Waals surface area contributed by atoms with Crippen LogP contribution >= 0.6 is 11.8 Å². The number of pyridine rings is 1. The molecule has 1 atom stereocenters. The molecule has 0 aliphatic heterocycles. The summed E-state index contributed by atoms with van der Waals surface area (Å²) in [7, 11) is 1.88. The van der Waals surface area contributed by atoms with Gasteiger partial charge in [-0.1, -0.05) is 45.0 Å². The Hall–Kier alpha value is -4.38. The zero-order valence-corrected chi connectivity index (χ0v) is 26.3. The number of fused-ring (bicyclic) bond motifs is 1. The van der Waals surface area contributed by atoms with Crippen molar-refractivity contribution in [1.29, 1.82) is 0 Å². The van der Waals surface area contributed by atoms with Crippen LogP contribution in [0.1, 0.15) is 54.9 Å². The third kappa shape index (κ3) is 7.47. The fraction of sp³-hybridized carbons (Fsp3) is 0.294. The highest BCUT2D eigenvalue weighted by atomic mass is 32.2. The number of halogens is 3. The highest BCUT2D eigenvalue weighted by molar-refractivity contribution is 8.00. The molecule has 3 heterocycles. The first-order valence-corrected chi connectivity index (χ1v) is 15.1. The lowest BCUT2D eigenvalue weighted by Crippen LogP contribution is -2.19. The third-order valence-corrected chi connectivity index (χ3v) is 8.45. The van der Waals surface area contributed by atoms with E-state index in [-0.39, 0.29) is 17.8 Å². The van der Waals surface area contributed by atoms with Crippen LogP contribution in [0.2, 0.25) is 0 Å². The number of carboxylic acids is 1. The third-order valence-electron chi connectivity index (χ3n) is 7.21. The van der Waals surface area contributed by atoms with Gasteiger partial charge in [-0.2, -0.15) is 13.2 Å². The normalized spacial score (nSPS) is 12.8. The summed E-state index contributed by atoms with van der Waals surface area (Å²) in [5.41, 5.74) is 4.09. The maximum Gasteiger partial charge on any atom is 0.417 e. The van der Waals surface area contributed by atoms with Gasteiger partial charge in [0.05, 0.1) is 28.8 Å². The number of aryl methyl sites for hydroxylation is 2. The Kier molecular flexibility index (Phi) is 8.93. The van der Waals surface area contributed by atoms with Crippen molar-refractivity contribution >= 4 is 28.6 Å². The number of thioether (sulfide) groups is 1. The van der Waals surface area contributed by atoms with Crippen LogP contribution in [-0.2, 0) is 31.0 Å². The molecule has 0 aliphatic carbocycles. The number of carboxylic acid groups (broad SMARTS) is 1. The maximum absolute atomic E-state index is 12.9. The topological polar surface area (TPSA) is 90.1 Å². The fourth-order valence-corrected chi connectivity index (χ4v) is 6.31. The van der Waals surface area contributed by atoms with Gasteiger partial charge in [0.2, 0.25) is 0 Å². The van der Waals surface area contributed by atoms with Crippen LogP contribution in [0.15, 0.2) is 78.1 Å². The highest BCUT2D eigenvalue weighted by Crippen LogP contribution is 2.45. The predicted molar refractivity (Wildman–Crippen MR) is 168 cm³/mol. The van der Waals surface area contributed by atoms with Gasteiger partial charge in [0.1, 0.15) is 18.3 Å². The van der Waals surface area contributed by atoms with Gasteiger partial charge >= 0.3 is 12.1 Å². The number of hydrogen-bond acceptors (Lipinski definition) is 6. The van der Waals surface area contributed by atoms with Crippen molar-refractivity contribution in [1.82, 2.24) is 19.5 Å². The van der Waals surface area contributed by atoms with Crippen LogP contribution < -0.4 is 4.74 Å². The molecule has 1 N–H and O–H groups in total. The van der Waals surface area contributed by atoms with Crippen LogP contribution in [0, 0.1) is 6.92 Å². The molecule has 0 bridgehead atoms. The summed E-state index contributed by atoms with van der Waals surface area (Å²) < 4.78 is 46.6. The van der Waals surface area contributed by atoms with Crippen molar-refractivity contribution < 1.29 is 27.8 Å². The number of rotatable bonds is 9. The standard InChI is InChI=1S/C34H33F3N4O3S/c1-20-16-39-24(18-38-20)19-44-25-11-13-29-26(15-25)31(45-33(2,3)4)30(41(29)5)27(32(42)43)14-21-6-8-22(9-7-21)28-12-10-23(17-40-28)34(35,36)37/h6-13,15-18,27H,14,19H2,1-5H3,(H,42,43). The van der Waals surface area contributed by atoms with Crippen LogP contribution in [0.5, 0.6) is 5.75 Å². The smallest absolute Gasteiger partial charge is 0.417 e. The summed E-state index contributed by atoms with van der Waals surface area (Å²) >= 11 is 1.61. The number of alkyl halides is 3. The Bertz CT molecular complexity index is 1810. The SMILES string of the molecule is Cc1cnc(COc2ccc3c(c2)c(SC(C)(C)C)c(C(Cc2ccc(-c4ccc(C(F)(F)F)cn4)cc2)C(=O)O)n3C)cn1. The van der Waals surface area contributed by atoms with Crippen molar-refractivity contribution in [2.24, 2.45) is 7.05 Å². The van der Waals surface area contributed by atoms with E-state index in [1.54, 1.807) is 48.4 Å². The molecule has 2 aromatic carbocycles. The van der Waals surface area contributed by atoms with Crippen LogP contribution in [0.25, 0.3) is 22.2 Å². The summed E-state index contributed by atoms with van der Waals surface area (Å²) in [6.45, 7) is 8.37. The molecule has 5 aromatic rings. The van der Waals surface area contributed by atoms with Crippen molar-refractivity contribution in [2.75, 3.05) is 0 Å². The lowest BCUT2D eigenvalue weighted by molar-refractivity contribution is -0.139. The molecule has 234 valence electrons. The minimum atomic E-state index is -4.46. The first-order valence-electron chi connectivity index (χ1n) is 14.3. The van der Waals surface area contributed by atoms with E-state index in [1.807, 2.05) is 36.7 Å². The molecular weight excluding hydrogens is 601 g/mol. The number of aliphatic carboxylic acids is 1. The lowest BCUT2D eigenvalue weighted by atomic mass is 9.95. The van der Waals surface area contributed by atoms with Gasteiger partial charge in [-0.05, 0) is 49.2 Å². The van der Waals surface area contributed by atoms with E-state index in [0.717, 1.165) is 39.3 Å². The molecule has 0 aliphatic rings. The molecule has 0 saturated carbocycles. The highest BCUT2D eigenvalue weighted by Gasteiger charge is 2.32. The van der Waals surface area contributed by atoms with Gasteiger partial charge in [0, 0.05) is 51.2 Å². The van der Waals surface area contributed by atoms with Gasteiger partial charge in [-0.25, -0.2) is 0 Å². The maximum atomic E-state index is 12.9. The first kappa shape index (κ1) is 32.0. The van der Waals surface area contributed by atoms with Crippen molar-refractivity contribution in [2.45, 2.75) is 62.5 Å². The Morgan fingerprint density at radius 2 is 1.71 bits per heavy atom. The number of carbonyl (C=O) groups is 1. The van der Waals surface area contributed by atoms with E-state index >= 15 is 0 Å². The minimum Gasteiger partial charge on any atom is -0.487 e. The second-order valence-corrected chi connectivity index (χ2v) is 13.7. The number of benzene rings is 2. The summed E-state index contributed by atoms with van der Waals surface area (Å²) in [6.07, 6.45) is -0.0645. The summed E-state index contributed by atoms with van der Waals surface area (Å²) in [4.78, 5) is 26.3. The molecule has 0 spiro atoms. The predicted octanol–water partition coefficient (Wildman–Crippen LogP) is 8.24. The molecule has 11 heteroatoms. The second kappa shape index (κ2) is 12.5. The summed E-state index contributed by atoms with van der Waals surface area (Å²) in [5, 5.41) is 11.4. The molecule has 1 unspecified atom stereocenters. The van der Waals surface area contributed by atoms with Crippen molar-refractivity contribution in [3.8, 4) is 17.0 Å². The number of aromatic nitrogens is 4. The summed E-state index contributed by atoms with van der Waals surface area (Å²) in [5.74, 6) is -1.19. The van der Waals surface area contributed by atoms with E-state index in [2.05, 4.69) is 35.7 Å². The average Bonchev–Trinajstić information content (AvgIpc) is 3.24. The molecule has 0 radical (unpaired) electrons. The van der Waals surface area contributed by atoms with Gasteiger partial charge in [-0.15, -0.1) is 11.8 Å². The van der Waals surface area contributed by atoms with Crippen molar-refractivity contribution in [3.63, 3.8) is 0 Å². The Labute approximate surface area is 263 Å². The van der Waals surface area contributed by atoms with E-state index in [0.29, 0.717) is 28.4 Å². The zero-order chi connectivity index (χ0) is 32.5. The van der Waals surface area contributed by atoms with E-state index in [4.69, 9.17) is 4.74 Å². The largest absolute Gasteiger partial charge is 0.487 e. The van der Waals surface area contributed by atoms with Crippen LogP contribution in [-0.4, -0.2) is 35.3 Å². The van der Waals surface area contributed by atoms with Gasteiger partial charge < -0.3 is 14.4 Å². The Morgan fingerprint density at radius 3 is 2.29 bits per heavy atom. The van der Waals surface area contributed by atoms with Gasteiger partial charge in [-0.3, -0.25) is 19.7 Å². The molecule has 5 rings (SSSR count). The number of hydrogen-bond donors (Lipinski definition) is 1.